The number of aryl methyl sites for hydroxylation is 1. The molecule has 0 spiro atoms. The molecule has 0 amide bonds. The third-order valence-electron chi connectivity index (χ3n) is 2.13. The second-order valence-corrected chi connectivity index (χ2v) is 3.12. The van der Waals surface area contributed by atoms with Crippen molar-refractivity contribution in [2.24, 2.45) is 7.05 Å². The van der Waals surface area contributed by atoms with Crippen molar-refractivity contribution in [3.8, 4) is 0 Å². The monoisotopic (exact) mass is 249 g/mol. The number of aliphatic hydroxyl groups is 1. The van der Waals surface area contributed by atoms with E-state index in [1.54, 1.807) is 35.6 Å². The Balaban J connectivity index is 0.000000659. The number of nitrogens with zero attached hydrogens (tertiary/aromatic N) is 3. The maximum absolute atomic E-state index is 9.96. The van der Waals surface area contributed by atoms with Crippen LogP contribution in [0.15, 0.2) is 37.1 Å². The first-order valence-corrected chi connectivity index (χ1v) is 6.33. The van der Waals surface area contributed by atoms with Crippen LogP contribution in [-0.4, -0.2) is 19.6 Å². The lowest BCUT2D eigenvalue weighted by molar-refractivity contribution is 0.211. The van der Waals surface area contributed by atoms with Crippen molar-refractivity contribution in [1.29, 1.82) is 0 Å². The molecule has 0 aromatic carbocycles. The van der Waals surface area contributed by atoms with Gasteiger partial charge in [-0.3, -0.25) is 4.98 Å². The number of imidazole rings is 1. The maximum Gasteiger partial charge on any atom is 0.122 e. The molecule has 100 valence electrons. The largest absolute Gasteiger partial charge is 0.382 e. The molecule has 0 aliphatic heterocycles. The zero-order valence-corrected chi connectivity index (χ0v) is 11.8. The molecule has 0 saturated carbocycles. The summed E-state index contributed by atoms with van der Waals surface area (Å²) < 4.78 is 1.79. The summed E-state index contributed by atoms with van der Waals surface area (Å²) >= 11 is 0. The van der Waals surface area contributed by atoms with Crippen LogP contribution in [0.2, 0.25) is 0 Å². The Labute approximate surface area is 109 Å². The van der Waals surface area contributed by atoms with E-state index in [1.807, 2.05) is 40.8 Å². The van der Waals surface area contributed by atoms with Gasteiger partial charge in [-0.25, -0.2) is 4.98 Å². The lowest BCUT2D eigenvalue weighted by atomic mass is 10.1. The molecule has 2 heterocycles. The molecule has 0 radical (unpaired) electrons. The van der Waals surface area contributed by atoms with Crippen LogP contribution >= 0.6 is 0 Å². The van der Waals surface area contributed by atoms with Gasteiger partial charge in [0.2, 0.25) is 0 Å². The highest BCUT2D eigenvalue weighted by atomic mass is 16.3. The predicted molar refractivity (Wildman–Crippen MR) is 74.2 cm³/mol. The van der Waals surface area contributed by atoms with Crippen LogP contribution in [0.5, 0.6) is 0 Å². The highest BCUT2D eigenvalue weighted by molar-refractivity contribution is 5.21. The zero-order valence-electron chi connectivity index (χ0n) is 11.8. The summed E-state index contributed by atoms with van der Waals surface area (Å²) in [6, 6.07) is 3.64. The second-order valence-electron chi connectivity index (χ2n) is 3.12. The molecule has 1 N–H and O–H groups in total. The van der Waals surface area contributed by atoms with Crippen molar-refractivity contribution >= 4 is 0 Å². The predicted octanol–water partition coefficient (Wildman–Crippen LogP) is 2.95. The number of aromatic nitrogens is 3. The van der Waals surface area contributed by atoms with Crippen LogP contribution < -0.4 is 0 Å². The van der Waals surface area contributed by atoms with Crippen molar-refractivity contribution in [3.63, 3.8) is 0 Å². The third-order valence-corrected chi connectivity index (χ3v) is 2.13. The van der Waals surface area contributed by atoms with Crippen molar-refractivity contribution in [3.05, 3.63) is 48.3 Å². The maximum atomic E-state index is 9.96. The van der Waals surface area contributed by atoms with E-state index >= 15 is 0 Å². The quantitative estimate of drug-likeness (QED) is 0.890. The molecule has 0 saturated heterocycles. The molecule has 0 aliphatic carbocycles. The first-order chi connectivity index (χ1) is 8.79. The average Bonchev–Trinajstić information content (AvgIpc) is 2.89. The molecule has 4 nitrogen and oxygen atoms in total. The van der Waals surface area contributed by atoms with E-state index in [0.717, 1.165) is 11.3 Å². The summed E-state index contributed by atoms with van der Waals surface area (Å²) in [5.74, 6) is 0. The molecule has 0 bridgehead atoms. The number of rotatable bonds is 2. The summed E-state index contributed by atoms with van der Waals surface area (Å²) in [7, 11) is 1.85. The van der Waals surface area contributed by atoms with Crippen LogP contribution in [0.4, 0.5) is 0 Å². The van der Waals surface area contributed by atoms with E-state index in [1.165, 1.54) is 0 Å². The first-order valence-electron chi connectivity index (χ1n) is 6.33. The zero-order chi connectivity index (χ0) is 14.0. The molecule has 18 heavy (non-hydrogen) atoms. The SMILES string of the molecule is CC.CC.Cn1cncc1C(O)c1cccnc1. The highest BCUT2D eigenvalue weighted by Crippen LogP contribution is 2.19. The minimum absolute atomic E-state index is 0.656. The van der Waals surface area contributed by atoms with Crippen LogP contribution in [0.3, 0.4) is 0 Å². The lowest BCUT2D eigenvalue weighted by Crippen LogP contribution is -2.05. The van der Waals surface area contributed by atoms with Gasteiger partial charge in [0.1, 0.15) is 6.10 Å². The van der Waals surface area contributed by atoms with E-state index in [2.05, 4.69) is 9.97 Å². The molecule has 4 heteroatoms. The van der Waals surface area contributed by atoms with Gasteiger partial charge >= 0.3 is 0 Å². The second kappa shape index (κ2) is 9.36. The Bertz CT molecular complexity index is 412. The van der Waals surface area contributed by atoms with Gasteiger partial charge in [0.05, 0.1) is 18.2 Å². The standard InChI is InChI=1S/C10H11N3O.2C2H6/c1-13-7-12-6-9(13)10(14)8-3-2-4-11-5-8;2*1-2/h2-7,10,14H,1H3;2*1-2H3. The average molecular weight is 249 g/mol. The van der Waals surface area contributed by atoms with Gasteiger partial charge in [0, 0.05) is 25.0 Å². The van der Waals surface area contributed by atoms with Crippen LogP contribution in [-0.2, 0) is 7.05 Å². The van der Waals surface area contributed by atoms with Gasteiger partial charge in [-0.1, -0.05) is 33.8 Å². The Morgan fingerprint density at radius 2 is 1.78 bits per heavy atom. The summed E-state index contributed by atoms with van der Waals surface area (Å²) in [6.07, 6.45) is 5.99. The van der Waals surface area contributed by atoms with Gasteiger partial charge in [-0.15, -0.1) is 0 Å². The third kappa shape index (κ3) is 4.30. The Hall–Kier alpha value is -1.68. The molecule has 1 atom stereocenters. The Kier molecular flexibility index (Phi) is 8.49. The Morgan fingerprint density at radius 3 is 2.22 bits per heavy atom. The molecule has 2 aromatic heterocycles. The number of hydrogen-bond donors (Lipinski definition) is 1. The normalized spacial score (nSPS) is 10.6. The number of aliphatic hydroxyl groups excluding tert-OH is 1. The number of hydrogen-bond acceptors (Lipinski definition) is 3. The van der Waals surface area contributed by atoms with E-state index in [0.29, 0.717) is 0 Å². The first kappa shape index (κ1) is 16.3. The number of pyridine rings is 1. The van der Waals surface area contributed by atoms with E-state index in [9.17, 15) is 5.11 Å². The molecular weight excluding hydrogens is 226 g/mol. The fourth-order valence-electron chi connectivity index (χ4n) is 1.34. The van der Waals surface area contributed by atoms with E-state index in [4.69, 9.17) is 0 Å². The van der Waals surface area contributed by atoms with Gasteiger partial charge in [0.25, 0.3) is 0 Å². The van der Waals surface area contributed by atoms with Gasteiger partial charge in [-0.2, -0.15) is 0 Å². The van der Waals surface area contributed by atoms with Crippen LogP contribution in [0.1, 0.15) is 45.1 Å². The van der Waals surface area contributed by atoms with Crippen LogP contribution in [0.25, 0.3) is 0 Å². The fraction of sp³-hybridized carbons (Fsp3) is 0.429. The van der Waals surface area contributed by atoms with Crippen molar-refractivity contribution < 1.29 is 5.11 Å². The molecule has 2 rings (SSSR count). The van der Waals surface area contributed by atoms with E-state index in [-0.39, 0.29) is 0 Å². The van der Waals surface area contributed by atoms with E-state index < -0.39 is 6.10 Å². The topological polar surface area (TPSA) is 50.9 Å². The minimum Gasteiger partial charge on any atom is -0.382 e. The molecule has 0 aliphatic rings. The van der Waals surface area contributed by atoms with Gasteiger partial charge in [-0.05, 0) is 6.07 Å². The van der Waals surface area contributed by atoms with Gasteiger partial charge in [0.15, 0.2) is 0 Å². The molecule has 2 aromatic rings. The molecule has 1 unspecified atom stereocenters. The fourth-order valence-corrected chi connectivity index (χ4v) is 1.34. The minimum atomic E-state index is -0.656. The van der Waals surface area contributed by atoms with Gasteiger partial charge < -0.3 is 9.67 Å². The summed E-state index contributed by atoms with van der Waals surface area (Å²) in [4.78, 5) is 7.91. The lowest BCUT2D eigenvalue weighted by Gasteiger charge is -2.10. The van der Waals surface area contributed by atoms with Crippen molar-refractivity contribution in [2.75, 3.05) is 0 Å². The molecular formula is C14H23N3O. The van der Waals surface area contributed by atoms with Crippen LogP contribution in [0, 0.1) is 0 Å². The van der Waals surface area contributed by atoms with Crippen molar-refractivity contribution in [1.82, 2.24) is 14.5 Å². The smallest absolute Gasteiger partial charge is 0.122 e. The summed E-state index contributed by atoms with van der Waals surface area (Å²) in [5.41, 5.74) is 1.54. The Morgan fingerprint density at radius 1 is 1.11 bits per heavy atom. The summed E-state index contributed by atoms with van der Waals surface area (Å²) in [5, 5.41) is 9.96. The highest BCUT2D eigenvalue weighted by Gasteiger charge is 2.13. The van der Waals surface area contributed by atoms with Crippen molar-refractivity contribution in [2.45, 2.75) is 33.8 Å². The molecule has 0 fully saturated rings. The summed E-state index contributed by atoms with van der Waals surface area (Å²) in [6.45, 7) is 8.00.